The van der Waals surface area contributed by atoms with Crippen molar-refractivity contribution in [3.63, 3.8) is 0 Å². The Bertz CT molecular complexity index is 731. The highest BCUT2D eigenvalue weighted by Crippen LogP contribution is 2.27. The Labute approximate surface area is 194 Å². The Kier molecular flexibility index (Phi) is 15.4. The molecule has 0 unspecified atom stereocenters. The van der Waals surface area contributed by atoms with E-state index < -0.39 is 25.8 Å². The Balaban J connectivity index is 2.13. The molecule has 5 nitrogen and oxygen atoms in total. The third-order valence-corrected chi connectivity index (χ3v) is 7.73. The van der Waals surface area contributed by atoms with Crippen LogP contribution in [0, 0.1) is 3.57 Å². The zero-order chi connectivity index (χ0) is 22.9. The van der Waals surface area contributed by atoms with Crippen LogP contribution in [-0.2, 0) is 6.14 Å². The summed E-state index contributed by atoms with van der Waals surface area (Å²) in [4.78, 5) is 23.7. The second kappa shape index (κ2) is 17.3. The molecule has 0 heterocycles. The Morgan fingerprint density at radius 2 is 1.13 bits per heavy atom. The van der Waals surface area contributed by atoms with Crippen LogP contribution < -0.4 is 0 Å². The smallest absolute Gasteiger partial charge is 0.342 e. The lowest BCUT2D eigenvalue weighted by Gasteiger charge is -2.06. The first-order chi connectivity index (χ1) is 15.0. The molecule has 0 amide bonds. The molecule has 0 aliphatic carbocycles. The van der Waals surface area contributed by atoms with Crippen molar-refractivity contribution < 1.29 is 20.8 Å². The van der Waals surface area contributed by atoms with Crippen molar-refractivity contribution >= 4 is 31.5 Å². The number of ketones is 1. The largest absolute Gasteiger partial charge is 0.478 e. The van der Waals surface area contributed by atoms with Gasteiger partial charge in [-0.05, 0) is 12.5 Å². The lowest BCUT2D eigenvalue weighted by atomic mass is 10.0. The third kappa shape index (κ3) is 11.8. The van der Waals surface area contributed by atoms with Gasteiger partial charge in [0.25, 0.3) is 0 Å². The van der Waals surface area contributed by atoms with Gasteiger partial charge in [0.2, 0.25) is 0 Å². The molecule has 0 fully saturated rings. The molecule has 0 saturated carbocycles. The number of aromatic carboxylic acids is 1. The van der Waals surface area contributed by atoms with E-state index in [4.69, 9.17) is 0 Å². The summed E-state index contributed by atoms with van der Waals surface area (Å²) >= 11 is -4.08. The van der Waals surface area contributed by atoms with Crippen LogP contribution in [0.25, 0.3) is 0 Å². The summed E-state index contributed by atoms with van der Waals surface area (Å²) in [6.07, 6.45) is 18.9. The van der Waals surface area contributed by atoms with E-state index >= 15 is 0 Å². The number of halogens is 1. The van der Waals surface area contributed by atoms with Gasteiger partial charge in [-0.3, -0.25) is 4.79 Å². The molecule has 0 bridgehead atoms. The Morgan fingerprint density at radius 1 is 0.710 bits per heavy atom. The predicted octanol–water partition coefficient (Wildman–Crippen LogP) is 8.20. The second-order valence-electron chi connectivity index (χ2n) is 8.31. The first-order valence-corrected chi connectivity index (χ1v) is 14.8. The van der Waals surface area contributed by atoms with Crippen molar-refractivity contribution in [3.8, 4) is 0 Å². The fraction of sp³-hybridized carbons (Fsp3) is 0.680. The molecule has 0 spiro atoms. The zero-order valence-electron chi connectivity index (χ0n) is 19.0. The van der Waals surface area contributed by atoms with Crippen LogP contribution in [-0.4, -0.2) is 16.9 Å². The van der Waals surface area contributed by atoms with Gasteiger partial charge >= 0.3 is 25.8 Å². The number of carboxylic acids is 1. The average molecular weight is 546 g/mol. The van der Waals surface area contributed by atoms with E-state index in [0.29, 0.717) is 6.42 Å². The minimum atomic E-state index is -4.08. The number of unbranched alkanes of at least 4 members (excludes halogenated alkanes) is 14. The van der Waals surface area contributed by atoms with Crippen LogP contribution in [0.5, 0.6) is 0 Å². The summed E-state index contributed by atoms with van der Waals surface area (Å²) in [6.45, 7) is 2.25. The zero-order valence-corrected chi connectivity index (χ0v) is 21.2. The van der Waals surface area contributed by atoms with Crippen molar-refractivity contribution in [2.45, 2.75) is 110 Å². The van der Waals surface area contributed by atoms with Gasteiger partial charge in [0.15, 0.2) is 5.78 Å². The molecular formula is C25H39IO5. The summed E-state index contributed by atoms with van der Waals surface area (Å²) in [5.41, 5.74) is -0.252. The van der Waals surface area contributed by atoms with Gasteiger partial charge in [-0.15, -0.1) is 0 Å². The molecule has 0 radical (unpaired) electrons. The minimum absolute atomic E-state index is 0.0421. The molecule has 1 aromatic rings. The predicted molar refractivity (Wildman–Crippen MR) is 131 cm³/mol. The summed E-state index contributed by atoms with van der Waals surface area (Å²) in [5, 5.41) is 9.17. The van der Waals surface area contributed by atoms with Crippen LogP contribution >= 0.6 is 19.8 Å². The molecule has 1 aromatic carbocycles. The highest BCUT2D eigenvalue weighted by molar-refractivity contribution is 14.2. The summed E-state index contributed by atoms with van der Waals surface area (Å²) < 4.78 is 22.9. The van der Waals surface area contributed by atoms with Crippen LogP contribution in [0.2, 0.25) is 0 Å². The van der Waals surface area contributed by atoms with Crippen molar-refractivity contribution in [2.75, 3.05) is 0 Å². The number of hydrogen-bond acceptors (Lipinski definition) is 4. The third-order valence-electron chi connectivity index (χ3n) is 5.69. The van der Waals surface area contributed by atoms with Gasteiger partial charge in [0.1, 0.15) is 3.57 Å². The maximum Gasteiger partial charge on any atom is 0.342 e. The summed E-state index contributed by atoms with van der Waals surface area (Å²) in [5.74, 6) is -1.59. The Morgan fingerprint density at radius 3 is 1.55 bits per heavy atom. The van der Waals surface area contributed by atoms with Crippen LogP contribution in [0.1, 0.15) is 130 Å². The van der Waals surface area contributed by atoms with E-state index in [1.807, 2.05) is 0 Å². The molecular weight excluding hydrogens is 507 g/mol. The molecule has 176 valence electrons. The first-order valence-electron chi connectivity index (χ1n) is 11.9. The fourth-order valence-electron chi connectivity index (χ4n) is 3.87. The number of Topliss-reactive ketones (excluding diaryl/α,β-unsaturated/α-hetero) is 1. The minimum Gasteiger partial charge on any atom is -0.478 e. The van der Waals surface area contributed by atoms with Crippen molar-refractivity contribution in [3.05, 3.63) is 32.9 Å². The van der Waals surface area contributed by atoms with Gasteiger partial charge in [0.05, 0.1) is 5.56 Å². The molecule has 0 aliphatic rings. The number of carboxylic acid groups (broad SMARTS) is 1. The highest BCUT2D eigenvalue weighted by Gasteiger charge is 2.21. The molecule has 0 atom stereocenters. The maximum atomic E-state index is 12.4. The van der Waals surface area contributed by atoms with E-state index in [9.17, 15) is 20.8 Å². The number of rotatable bonds is 19. The number of carbonyl (C=O) groups excluding carboxylic acids is 1. The highest BCUT2D eigenvalue weighted by atomic mass is 127. The van der Waals surface area contributed by atoms with E-state index in [1.165, 1.54) is 95.2 Å². The SMILES string of the molecule is CCCCCCCCCCCCCCCCCC(=O)c1cccc(C(=O)O)c1I(=O)=O. The number of benzene rings is 1. The molecule has 6 heteroatoms. The van der Waals surface area contributed by atoms with Crippen molar-refractivity contribution in [1.82, 2.24) is 0 Å². The van der Waals surface area contributed by atoms with E-state index in [0.717, 1.165) is 12.8 Å². The average Bonchev–Trinajstić information content (AvgIpc) is 2.75. The van der Waals surface area contributed by atoms with Gasteiger partial charge in [0, 0.05) is 12.0 Å². The van der Waals surface area contributed by atoms with Crippen molar-refractivity contribution in [1.29, 1.82) is 0 Å². The number of carbonyl (C=O) groups is 2. The topological polar surface area (TPSA) is 88.5 Å². The van der Waals surface area contributed by atoms with Gasteiger partial charge in [-0.2, -0.15) is 0 Å². The van der Waals surface area contributed by atoms with E-state index in [1.54, 1.807) is 0 Å². The monoisotopic (exact) mass is 546 g/mol. The lowest BCUT2D eigenvalue weighted by Crippen LogP contribution is -2.08. The van der Waals surface area contributed by atoms with Gasteiger partial charge < -0.3 is 5.11 Å². The van der Waals surface area contributed by atoms with Crippen LogP contribution in [0.15, 0.2) is 18.2 Å². The van der Waals surface area contributed by atoms with Crippen molar-refractivity contribution in [2.24, 2.45) is 0 Å². The van der Waals surface area contributed by atoms with E-state index in [-0.39, 0.29) is 26.9 Å². The molecule has 0 aliphatic heterocycles. The number of hydrogen-bond donors (Lipinski definition) is 1. The van der Waals surface area contributed by atoms with Gasteiger partial charge in [-0.1, -0.05) is 109 Å². The van der Waals surface area contributed by atoms with Gasteiger partial charge in [-0.25, -0.2) is 10.9 Å². The molecule has 1 N–H and O–H groups in total. The molecule has 31 heavy (non-hydrogen) atoms. The van der Waals surface area contributed by atoms with Crippen LogP contribution in [0.3, 0.4) is 0 Å². The first kappa shape index (κ1) is 27.7. The molecule has 1 rings (SSSR count). The van der Waals surface area contributed by atoms with Crippen LogP contribution in [0.4, 0.5) is 0 Å². The Hall–Kier alpha value is -1.31. The normalized spacial score (nSPS) is 11.2. The molecule has 0 saturated heterocycles. The lowest BCUT2D eigenvalue weighted by molar-refractivity contribution is 0.0695. The standard InChI is InChI=1S/C25H39IO5/c1-2-3-4-5-6-7-8-9-10-11-12-13-14-15-16-20-23(27)21-18-17-19-22(25(28)29)24(21)26(30)31/h17-19H,2-16,20H2,1H3,(H,28,29). The maximum absolute atomic E-state index is 12.4. The summed E-state index contributed by atoms with van der Waals surface area (Å²) in [6, 6.07) is 4.10. The molecule has 0 aromatic heterocycles. The fourth-order valence-corrected chi connectivity index (χ4v) is 5.71. The summed E-state index contributed by atoms with van der Waals surface area (Å²) in [7, 11) is 0. The second-order valence-corrected chi connectivity index (χ2v) is 10.6. The quantitative estimate of drug-likeness (QED) is 0.107. The van der Waals surface area contributed by atoms with E-state index in [2.05, 4.69) is 6.92 Å².